The second kappa shape index (κ2) is 7.76. The summed E-state index contributed by atoms with van der Waals surface area (Å²) in [4.78, 5) is 1.40. The summed E-state index contributed by atoms with van der Waals surface area (Å²) >= 11 is 2.01. The van der Waals surface area contributed by atoms with E-state index in [1.807, 2.05) is 11.8 Å². The van der Waals surface area contributed by atoms with Crippen LogP contribution in [0.25, 0.3) is 0 Å². The normalized spacial score (nSPS) is 20.4. The fourth-order valence-electron chi connectivity index (χ4n) is 2.39. The van der Waals surface area contributed by atoms with Crippen LogP contribution in [-0.2, 0) is 0 Å². The summed E-state index contributed by atoms with van der Waals surface area (Å²) in [5, 5.41) is 4.23. The van der Waals surface area contributed by atoms with Gasteiger partial charge in [-0.3, -0.25) is 0 Å². The van der Waals surface area contributed by atoms with E-state index in [2.05, 4.69) is 55.6 Å². The van der Waals surface area contributed by atoms with Crippen LogP contribution in [0.4, 0.5) is 0 Å². The van der Waals surface area contributed by atoms with Crippen LogP contribution in [0, 0.1) is 0 Å². The van der Waals surface area contributed by atoms with Crippen molar-refractivity contribution in [3.05, 3.63) is 42.0 Å². The highest BCUT2D eigenvalue weighted by molar-refractivity contribution is 8.00. The zero-order valence-corrected chi connectivity index (χ0v) is 12.9. The predicted octanol–water partition coefficient (Wildman–Crippen LogP) is 4.95. The van der Waals surface area contributed by atoms with Gasteiger partial charge in [0.25, 0.3) is 0 Å². The first-order valence-electron chi connectivity index (χ1n) is 7.46. The number of nitrogens with one attached hydrogen (secondary N) is 1. The van der Waals surface area contributed by atoms with Gasteiger partial charge >= 0.3 is 0 Å². The number of rotatable bonds is 6. The minimum absolute atomic E-state index is 0.447. The molecule has 2 unspecified atom stereocenters. The van der Waals surface area contributed by atoms with Crippen molar-refractivity contribution in [1.29, 1.82) is 0 Å². The molecule has 0 spiro atoms. The van der Waals surface area contributed by atoms with E-state index >= 15 is 0 Å². The summed E-state index contributed by atoms with van der Waals surface area (Å²) in [6, 6.07) is 9.45. The lowest BCUT2D eigenvalue weighted by Crippen LogP contribution is -2.19. The average Bonchev–Trinajstić information content (AvgIpc) is 2.46. The second-order valence-electron chi connectivity index (χ2n) is 5.26. The number of hydrogen-bond donors (Lipinski definition) is 1. The molecule has 0 bridgehead atoms. The van der Waals surface area contributed by atoms with Crippen LogP contribution in [0.3, 0.4) is 0 Å². The monoisotopic (exact) mass is 275 g/mol. The molecule has 1 aliphatic carbocycles. The summed E-state index contributed by atoms with van der Waals surface area (Å²) < 4.78 is 0. The molecule has 0 saturated carbocycles. The Morgan fingerprint density at radius 2 is 2.32 bits per heavy atom. The van der Waals surface area contributed by atoms with Crippen LogP contribution in [0.15, 0.2) is 41.3 Å². The second-order valence-corrected chi connectivity index (χ2v) is 6.58. The van der Waals surface area contributed by atoms with Gasteiger partial charge in [-0.25, -0.2) is 0 Å². The number of benzene rings is 1. The zero-order valence-electron chi connectivity index (χ0n) is 12.1. The van der Waals surface area contributed by atoms with E-state index in [1.54, 1.807) is 0 Å². The number of thioether (sulfide) groups is 1. The first kappa shape index (κ1) is 14.7. The van der Waals surface area contributed by atoms with Gasteiger partial charge < -0.3 is 5.32 Å². The Hall–Kier alpha value is -0.730. The Morgan fingerprint density at radius 1 is 1.42 bits per heavy atom. The van der Waals surface area contributed by atoms with Crippen LogP contribution in [-0.4, -0.2) is 11.8 Å². The van der Waals surface area contributed by atoms with Crippen molar-refractivity contribution >= 4 is 11.8 Å². The molecule has 1 aliphatic rings. The van der Waals surface area contributed by atoms with E-state index in [4.69, 9.17) is 0 Å². The summed E-state index contributed by atoms with van der Waals surface area (Å²) in [5.74, 6) is 0. The summed E-state index contributed by atoms with van der Waals surface area (Å²) in [6.45, 7) is 5.55. The Balaban J connectivity index is 1.97. The molecule has 0 radical (unpaired) electrons. The summed E-state index contributed by atoms with van der Waals surface area (Å²) in [6.07, 6.45) is 9.80. The molecule has 0 aliphatic heterocycles. The smallest absolute Gasteiger partial charge is 0.0292 e. The Kier molecular flexibility index (Phi) is 5.99. The van der Waals surface area contributed by atoms with Crippen LogP contribution < -0.4 is 5.32 Å². The molecule has 1 aromatic carbocycles. The van der Waals surface area contributed by atoms with Crippen molar-refractivity contribution in [3.63, 3.8) is 0 Å². The number of hydrogen-bond acceptors (Lipinski definition) is 2. The average molecular weight is 275 g/mol. The number of allylic oxidation sites excluding steroid dienone is 1. The van der Waals surface area contributed by atoms with E-state index in [-0.39, 0.29) is 0 Å². The van der Waals surface area contributed by atoms with Gasteiger partial charge in [-0.05, 0) is 56.8 Å². The molecule has 0 fully saturated rings. The van der Waals surface area contributed by atoms with Crippen molar-refractivity contribution < 1.29 is 0 Å². The Bertz CT molecular complexity index is 413. The lowest BCUT2D eigenvalue weighted by Gasteiger charge is -2.18. The highest BCUT2D eigenvalue weighted by atomic mass is 32.2. The Morgan fingerprint density at radius 3 is 3.05 bits per heavy atom. The zero-order chi connectivity index (χ0) is 13.5. The van der Waals surface area contributed by atoms with Gasteiger partial charge in [0.15, 0.2) is 0 Å². The maximum absolute atomic E-state index is 3.56. The predicted molar refractivity (Wildman–Crippen MR) is 85.8 cm³/mol. The maximum atomic E-state index is 3.56. The van der Waals surface area contributed by atoms with Crippen molar-refractivity contribution in [2.75, 3.05) is 6.54 Å². The molecule has 0 amide bonds. The lowest BCUT2D eigenvalue weighted by molar-refractivity contribution is 0.570. The third-order valence-corrected chi connectivity index (χ3v) is 4.78. The van der Waals surface area contributed by atoms with Gasteiger partial charge in [0.1, 0.15) is 0 Å². The standard InChI is InChI=1S/C17H25NS/c1-3-12-18-14(2)15-8-7-11-17(13-15)19-16-9-5-4-6-10-16/h5,7-9,11,13-14,16,18H,3-4,6,10,12H2,1-2H3. The summed E-state index contributed by atoms with van der Waals surface area (Å²) in [5.41, 5.74) is 1.40. The molecule has 2 atom stereocenters. The van der Waals surface area contributed by atoms with E-state index in [0.29, 0.717) is 11.3 Å². The minimum atomic E-state index is 0.447. The fraction of sp³-hybridized carbons (Fsp3) is 0.529. The van der Waals surface area contributed by atoms with Crippen molar-refractivity contribution in [1.82, 2.24) is 5.32 Å². The molecular formula is C17H25NS. The van der Waals surface area contributed by atoms with Gasteiger partial charge in [-0.15, -0.1) is 11.8 Å². The van der Waals surface area contributed by atoms with Crippen LogP contribution >= 0.6 is 11.8 Å². The molecule has 1 aromatic rings. The van der Waals surface area contributed by atoms with Gasteiger partial charge in [0, 0.05) is 16.2 Å². The van der Waals surface area contributed by atoms with Crippen LogP contribution in [0.2, 0.25) is 0 Å². The van der Waals surface area contributed by atoms with Crippen molar-refractivity contribution in [2.24, 2.45) is 0 Å². The third-order valence-electron chi connectivity index (χ3n) is 3.56. The molecule has 19 heavy (non-hydrogen) atoms. The molecule has 1 nitrogen and oxygen atoms in total. The van der Waals surface area contributed by atoms with E-state index in [9.17, 15) is 0 Å². The topological polar surface area (TPSA) is 12.0 Å². The minimum Gasteiger partial charge on any atom is -0.310 e. The molecule has 104 valence electrons. The Labute approximate surface area is 121 Å². The van der Waals surface area contributed by atoms with Gasteiger partial charge in [0.2, 0.25) is 0 Å². The summed E-state index contributed by atoms with van der Waals surface area (Å²) in [7, 11) is 0. The lowest BCUT2D eigenvalue weighted by atomic mass is 10.1. The van der Waals surface area contributed by atoms with Crippen molar-refractivity contribution in [2.45, 2.75) is 55.7 Å². The van der Waals surface area contributed by atoms with Crippen LogP contribution in [0.5, 0.6) is 0 Å². The highest BCUT2D eigenvalue weighted by Gasteiger charge is 2.11. The molecule has 0 saturated heterocycles. The third kappa shape index (κ3) is 4.70. The van der Waals surface area contributed by atoms with E-state index in [1.165, 1.54) is 36.1 Å². The molecule has 0 heterocycles. The van der Waals surface area contributed by atoms with Crippen LogP contribution in [0.1, 0.15) is 51.1 Å². The maximum Gasteiger partial charge on any atom is 0.0292 e. The SMILES string of the molecule is CCCNC(C)c1cccc(SC2C=CCCC2)c1. The van der Waals surface area contributed by atoms with Crippen molar-refractivity contribution in [3.8, 4) is 0 Å². The van der Waals surface area contributed by atoms with Gasteiger partial charge in [-0.2, -0.15) is 0 Å². The van der Waals surface area contributed by atoms with E-state index in [0.717, 1.165) is 6.54 Å². The van der Waals surface area contributed by atoms with E-state index < -0.39 is 0 Å². The van der Waals surface area contributed by atoms with Gasteiger partial charge in [-0.1, -0.05) is 31.2 Å². The quantitative estimate of drug-likeness (QED) is 0.737. The van der Waals surface area contributed by atoms with Gasteiger partial charge in [0.05, 0.1) is 0 Å². The largest absolute Gasteiger partial charge is 0.310 e. The first-order valence-corrected chi connectivity index (χ1v) is 8.34. The molecule has 2 heteroatoms. The first-order chi connectivity index (χ1) is 9.29. The highest BCUT2D eigenvalue weighted by Crippen LogP contribution is 2.31. The fourth-order valence-corrected chi connectivity index (χ4v) is 3.58. The molecule has 2 rings (SSSR count). The molecule has 1 N–H and O–H groups in total. The molecular weight excluding hydrogens is 250 g/mol. The molecule has 0 aromatic heterocycles.